The predicted octanol–water partition coefficient (Wildman–Crippen LogP) is 5.46. The maximum Gasteiger partial charge on any atom is 0.416 e. The van der Waals surface area contributed by atoms with Crippen LogP contribution in [0.15, 0.2) is 42.5 Å². The first-order valence-electron chi connectivity index (χ1n) is 6.21. The molecule has 0 amide bonds. The van der Waals surface area contributed by atoms with E-state index in [1.807, 2.05) is 0 Å². The van der Waals surface area contributed by atoms with Crippen molar-refractivity contribution in [1.29, 1.82) is 0 Å². The summed E-state index contributed by atoms with van der Waals surface area (Å²) in [6.45, 7) is 0. The van der Waals surface area contributed by atoms with Crippen LogP contribution in [0.5, 0.6) is 0 Å². The van der Waals surface area contributed by atoms with Gasteiger partial charge in [-0.25, -0.2) is 0 Å². The molecule has 0 aliphatic heterocycles. The summed E-state index contributed by atoms with van der Waals surface area (Å²) in [7, 11) is -1.37. The molecule has 2 aromatic carbocycles. The van der Waals surface area contributed by atoms with Gasteiger partial charge in [-0.2, -0.15) is 13.2 Å². The third-order valence-corrected chi connectivity index (χ3v) is 4.79. The highest BCUT2D eigenvalue weighted by atomic mass is 35.5. The molecular formula is C15H11Cl2F3OS. The first-order chi connectivity index (χ1) is 10.3. The molecule has 0 heterocycles. The molecule has 7 heteroatoms. The molecular weight excluding hydrogens is 356 g/mol. The minimum Gasteiger partial charge on any atom is -0.259 e. The summed E-state index contributed by atoms with van der Waals surface area (Å²) >= 11 is 11.8. The Morgan fingerprint density at radius 2 is 1.73 bits per heavy atom. The Morgan fingerprint density at radius 3 is 2.36 bits per heavy atom. The van der Waals surface area contributed by atoms with Gasteiger partial charge in [0.05, 0.1) is 11.3 Å². The van der Waals surface area contributed by atoms with E-state index in [4.69, 9.17) is 23.2 Å². The molecule has 0 bridgehead atoms. The van der Waals surface area contributed by atoms with E-state index in [1.165, 1.54) is 12.1 Å². The van der Waals surface area contributed by atoms with Gasteiger partial charge in [-0.15, -0.1) is 0 Å². The van der Waals surface area contributed by atoms with Crippen molar-refractivity contribution in [3.63, 3.8) is 0 Å². The summed E-state index contributed by atoms with van der Waals surface area (Å²) in [4.78, 5) is 0. The van der Waals surface area contributed by atoms with Crippen LogP contribution in [-0.2, 0) is 28.5 Å². The summed E-state index contributed by atoms with van der Waals surface area (Å²) in [6, 6.07) is 9.67. The fraction of sp³-hybridized carbons (Fsp3) is 0.200. The quantitative estimate of drug-likeness (QED) is 0.701. The standard InChI is InChI=1S/C15H11Cl2F3OS/c16-13-5-4-11(14(17)7-13)9-22(21)8-10-2-1-3-12(6-10)15(18,19)20/h1-7H,8-9H2/t22-/m0/s1. The normalized spacial score (nSPS) is 13.1. The zero-order valence-corrected chi connectivity index (χ0v) is 13.5. The molecule has 0 aromatic heterocycles. The molecule has 2 aromatic rings. The van der Waals surface area contributed by atoms with Crippen molar-refractivity contribution >= 4 is 34.0 Å². The van der Waals surface area contributed by atoms with E-state index in [0.717, 1.165) is 12.1 Å². The lowest BCUT2D eigenvalue weighted by atomic mass is 10.1. The smallest absolute Gasteiger partial charge is 0.259 e. The number of benzene rings is 2. The molecule has 0 saturated heterocycles. The number of hydrogen-bond acceptors (Lipinski definition) is 1. The highest BCUT2D eigenvalue weighted by Crippen LogP contribution is 2.30. The molecule has 22 heavy (non-hydrogen) atoms. The second-order valence-corrected chi connectivity index (χ2v) is 6.96. The van der Waals surface area contributed by atoms with Gasteiger partial charge < -0.3 is 0 Å². The molecule has 0 unspecified atom stereocenters. The van der Waals surface area contributed by atoms with Gasteiger partial charge in [0, 0.05) is 26.6 Å². The lowest BCUT2D eigenvalue weighted by Crippen LogP contribution is -2.06. The van der Waals surface area contributed by atoms with Crippen LogP contribution in [-0.4, -0.2) is 4.21 Å². The highest BCUT2D eigenvalue weighted by molar-refractivity contribution is 7.83. The molecule has 0 spiro atoms. The lowest BCUT2D eigenvalue weighted by Gasteiger charge is -2.09. The van der Waals surface area contributed by atoms with Gasteiger partial charge in [-0.1, -0.05) is 47.5 Å². The van der Waals surface area contributed by atoms with Gasteiger partial charge >= 0.3 is 6.18 Å². The molecule has 0 aliphatic carbocycles. The van der Waals surface area contributed by atoms with Crippen LogP contribution < -0.4 is 0 Å². The molecule has 118 valence electrons. The van der Waals surface area contributed by atoms with E-state index < -0.39 is 22.5 Å². The second-order valence-electron chi connectivity index (χ2n) is 4.66. The predicted molar refractivity (Wildman–Crippen MR) is 83.5 cm³/mol. The van der Waals surface area contributed by atoms with Crippen LogP contribution in [0.3, 0.4) is 0 Å². The number of halogens is 5. The Bertz CT molecular complexity index is 701. The average molecular weight is 367 g/mol. The average Bonchev–Trinajstić information content (AvgIpc) is 2.41. The van der Waals surface area contributed by atoms with Crippen molar-refractivity contribution in [2.45, 2.75) is 17.7 Å². The third kappa shape index (κ3) is 4.73. The van der Waals surface area contributed by atoms with Gasteiger partial charge in [0.2, 0.25) is 0 Å². The fourth-order valence-corrected chi connectivity index (χ4v) is 3.69. The van der Waals surface area contributed by atoms with Crippen molar-refractivity contribution in [1.82, 2.24) is 0 Å². The van der Waals surface area contributed by atoms with Crippen molar-refractivity contribution < 1.29 is 17.4 Å². The number of hydrogen-bond donors (Lipinski definition) is 0. The van der Waals surface area contributed by atoms with Crippen LogP contribution in [0.4, 0.5) is 13.2 Å². The Kier molecular flexibility index (Phi) is 5.53. The molecule has 1 atom stereocenters. The van der Waals surface area contributed by atoms with Gasteiger partial charge in [0.15, 0.2) is 0 Å². The zero-order chi connectivity index (χ0) is 16.3. The molecule has 2 rings (SSSR count). The SMILES string of the molecule is O=[S@@](Cc1cccc(C(F)(F)F)c1)Cc1ccc(Cl)cc1Cl. The van der Waals surface area contributed by atoms with Gasteiger partial charge in [0.25, 0.3) is 0 Å². The summed E-state index contributed by atoms with van der Waals surface area (Å²) in [5.74, 6) is 0.190. The van der Waals surface area contributed by atoms with Crippen LogP contribution in [0.25, 0.3) is 0 Å². The van der Waals surface area contributed by atoms with E-state index in [1.54, 1.807) is 18.2 Å². The van der Waals surface area contributed by atoms with E-state index in [9.17, 15) is 17.4 Å². The first kappa shape index (κ1) is 17.3. The molecule has 0 N–H and O–H groups in total. The minimum atomic E-state index is -4.41. The van der Waals surface area contributed by atoms with Gasteiger partial charge in [-0.3, -0.25) is 4.21 Å². The van der Waals surface area contributed by atoms with Crippen molar-refractivity contribution in [3.8, 4) is 0 Å². The molecule has 0 saturated carbocycles. The zero-order valence-electron chi connectivity index (χ0n) is 11.2. The van der Waals surface area contributed by atoms with Gasteiger partial charge in [0.1, 0.15) is 0 Å². The largest absolute Gasteiger partial charge is 0.416 e. The van der Waals surface area contributed by atoms with Gasteiger partial charge in [-0.05, 0) is 29.3 Å². The Labute approximate surface area is 138 Å². The van der Waals surface area contributed by atoms with Crippen LogP contribution in [0.2, 0.25) is 10.0 Å². The molecule has 0 fully saturated rings. The van der Waals surface area contributed by atoms with E-state index in [-0.39, 0.29) is 11.5 Å². The fourth-order valence-electron chi connectivity index (χ4n) is 1.89. The van der Waals surface area contributed by atoms with E-state index in [2.05, 4.69) is 0 Å². The maximum absolute atomic E-state index is 12.6. The molecule has 0 aliphatic rings. The van der Waals surface area contributed by atoms with E-state index >= 15 is 0 Å². The van der Waals surface area contributed by atoms with Crippen LogP contribution >= 0.6 is 23.2 Å². The third-order valence-electron chi connectivity index (χ3n) is 2.91. The van der Waals surface area contributed by atoms with E-state index in [0.29, 0.717) is 21.2 Å². The summed E-state index contributed by atoms with van der Waals surface area (Å²) < 4.78 is 50.0. The number of rotatable bonds is 4. The number of alkyl halides is 3. The maximum atomic E-state index is 12.6. The Hall–Kier alpha value is -1.04. The highest BCUT2D eigenvalue weighted by Gasteiger charge is 2.30. The minimum absolute atomic E-state index is 0.0306. The summed E-state index contributed by atoms with van der Waals surface area (Å²) in [6.07, 6.45) is -4.41. The Balaban J connectivity index is 2.09. The van der Waals surface area contributed by atoms with Crippen molar-refractivity contribution in [2.24, 2.45) is 0 Å². The second kappa shape index (κ2) is 7.02. The van der Waals surface area contributed by atoms with Crippen LogP contribution in [0, 0.1) is 0 Å². The van der Waals surface area contributed by atoms with Crippen molar-refractivity contribution in [2.75, 3.05) is 0 Å². The Morgan fingerprint density at radius 1 is 1.00 bits per heavy atom. The van der Waals surface area contributed by atoms with Crippen LogP contribution in [0.1, 0.15) is 16.7 Å². The lowest BCUT2D eigenvalue weighted by molar-refractivity contribution is -0.137. The summed E-state index contributed by atoms with van der Waals surface area (Å²) in [5.41, 5.74) is 0.279. The first-order valence-corrected chi connectivity index (χ1v) is 8.45. The molecule has 1 nitrogen and oxygen atoms in total. The molecule has 0 radical (unpaired) electrons. The van der Waals surface area contributed by atoms with Crippen molar-refractivity contribution in [3.05, 3.63) is 69.2 Å². The monoisotopic (exact) mass is 366 g/mol. The summed E-state index contributed by atoms with van der Waals surface area (Å²) in [5, 5.41) is 0.863. The topological polar surface area (TPSA) is 17.1 Å².